The number of amides is 1. The van der Waals surface area contributed by atoms with Crippen molar-refractivity contribution in [2.45, 2.75) is 57.8 Å². The number of rotatable bonds is 6. The molecule has 172 valence electrons. The molecular formula is C25H31ClN2O4. The van der Waals surface area contributed by atoms with Gasteiger partial charge >= 0.3 is 12.1 Å². The van der Waals surface area contributed by atoms with E-state index in [4.69, 9.17) is 16.3 Å². The van der Waals surface area contributed by atoms with Gasteiger partial charge in [-0.3, -0.25) is 14.6 Å². The molecule has 7 heteroatoms. The minimum absolute atomic E-state index is 0.197. The van der Waals surface area contributed by atoms with Crippen molar-refractivity contribution in [3.8, 4) is 0 Å². The molecule has 0 radical (unpaired) electrons. The molecule has 1 aliphatic rings. The summed E-state index contributed by atoms with van der Waals surface area (Å²) in [4.78, 5) is 28.6. The van der Waals surface area contributed by atoms with Gasteiger partial charge in [0.05, 0.1) is 6.04 Å². The van der Waals surface area contributed by atoms with Gasteiger partial charge in [0.15, 0.2) is 0 Å². The molecule has 32 heavy (non-hydrogen) atoms. The van der Waals surface area contributed by atoms with Crippen LogP contribution in [-0.4, -0.2) is 58.2 Å². The monoisotopic (exact) mass is 458 g/mol. The van der Waals surface area contributed by atoms with Crippen LogP contribution in [0.4, 0.5) is 4.79 Å². The van der Waals surface area contributed by atoms with Gasteiger partial charge in [0, 0.05) is 18.1 Å². The van der Waals surface area contributed by atoms with Crippen molar-refractivity contribution in [2.24, 2.45) is 0 Å². The molecule has 2 aromatic rings. The summed E-state index contributed by atoms with van der Waals surface area (Å²) in [5.74, 6) is -0.900. The van der Waals surface area contributed by atoms with Gasteiger partial charge in [-0.15, -0.1) is 0 Å². The van der Waals surface area contributed by atoms with Crippen LogP contribution in [-0.2, 0) is 28.9 Å². The number of nitrogens with zero attached hydrogens (tertiary/aromatic N) is 2. The van der Waals surface area contributed by atoms with Crippen molar-refractivity contribution in [3.63, 3.8) is 0 Å². The van der Waals surface area contributed by atoms with Crippen LogP contribution >= 0.6 is 11.6 Å². The van der Waals surface area contributed by atoms with E-state index in [1.165, 1.54) is 5.56 Å². The lowest BCUT2D eigenvalue weighted by molar-refractivity contribution is -0.143. The Labute approximate surface area is 194 Å². The fourth-order valence-electron chi connectivity index (χ4n) is 4.02. The Hall–Kier alpha value is -2.57. The van der Waals surface area contributed by atoms with Crippen molar-refractivity contribution in [1.82, 2.24) is 9.80 Å². The lowest BCUT2D eigenvalue weighted by Gasteiger charge is -2.40. The maximum Gasteiger partial charge on any atom is 0.410 e. The molecule has 0 bridgehead atoms. The van der Waals surface area contributed by atoms with Crippen LogP contribution < -0.4 is 0 Å². The van der Waals surface area contributed by atoms with E-state index in [0.717, 1.165) is 11.1 Å². The number of halogens is 1. The first kappa shape index (κ1) is 24.1. The summed E-state index contributed by atoms with van der Waals surface area (Å²) in [6.07, 6.45) is 0.612. The number of carbonyl (C=O) groups is 2. The fraction of sp³-hybridized carbons (Fsp3) is 0.440. The third-order valence-electron chi connectivity index (χ3n) is 5.64. The van der Waals surface area contributed by atoms with Crippen molar-refractivity contribution < 1.29 is 19.4 Å². The SMILES string of the molecule is CN(CC1Cc2ccccc2CN1C(=O)OC(C)(C)C)C(Cc1ccc(Cl)cc1)C(=O)O. The number of likely N-dealkylation sites (N-methyl/N-ethyl adjacent to an activating group) is 1. The predicted octanol–water partition coefficient (Wildman–Crippen LogP) is 4.63. The van der Waals surface area contributed by atoms with Crippen LogP contribution in [0.3, 0.4) is 0 Å². The predicted molar refractivity (Wildman–Crippen MR) is 125 cm³/mol. The Morgan fingerprint density at radius 2 is 1.78 bits per heavy atom. The van der Waals surface area contributed by atoms with Gasteiger partial charge in [0.2, 0.25) is 0 Å². The van der Waals surface area contributed by atoms with E-state index in [1.54, 1.807) is 24.1 Å². The first-order valence-electron chi connectivity index (χ1n) is 10.8. The van der Waals surface area contributed by atoms with Gasteiger partial charge < -0.3 is 9.84 Å². The van der Waals surface area contributed by atoms with Crippen LogP contribution in [0.5, 0.6) is 0 Å². The maximum absolute atomic E-state index is 13.0. The zero-order valence-corrected chi connectivity index (χ0v) is 19.8. The number of hydrogen-bond donors (Lipinski definition) is 1. The van der Waals surface area contributed by atoms with Gasteiger partial charge in [-0.2, -0.15) is 0 Å². The Balaban J connectivity index is 1.80. The standard InChI is InChI=1S/C25H31ClN2O4/c1-25(2,3)32-24(31)28-15-19-8-6-5-7-18(19)14-21(28)16-27(4)22(23(29)30)13-17-9-11-20(26)12-10-17/h5-12,21-22H,13-16H2,1-4H3,(H,29,30). The lowest BCUT2D eigenvalue weighted by Crippen LogP contribution is -2.53. The van der Waals surface area contributed by atoms with E-state index in [2.05, 4.69) is 6.07 Å². The number of fused-ring (bicyclic) bond motifs is 1. The highest BCUT2D eigenvalue weighted by Gasteiger charge is 2.35. The van der Waals surface area contributed by atoms with Crippen LogP contribution in [0.2, 0.25) is 5.02 Å². The summed E-state index contributed by atoms with van der Waals surface area (Å²) in [6.45, 7) is 6.39. The Morgan fingerprint density at radius 3 is 2.38 bits per heavy atom. The van der Waals surface area contributed by atoms with Crippen molar-refractivity contribution in [2.75, 3.05) is 13.6 Å². The molecule has 0 aliphatic carbocycles. The third kappa shape index (κ3) is 6.24. The van der Waals surface area contributed by atoms with Gasteiger partial charge in [-0.25, -0.2) is 4.79 Å². The molecular weight excluding hydrogens is 428 g/mol. The van der Waals surface area contributed by atoms with Gasteiger partial charge in [0.1, 0.15) is 11.6 Å². The second-order valence-corrected chi connectivity index (χ2v) is 9.80. The Kier molecular flexibility index (Phi) is 7.47. The molecule has 1 heterocycles. The summed E-state index contributed by atoms with van der Waals surface area (Å²) >= 11 is 5.96. The fourth-order valence-corrected chi connectivity index (χ4v) is 4.15. The normalized spacial score (nSPS) is 17.1. The van der Waals surface area contributed by atoms with Gasteiger partial charge in [-0.1, -0.05) is 48.0 Å². The zero-order valence-electron chi connectivity index (χ0n) is 19.0. The molecule has 0 aromatic heterocycles. The minimum Gasteiger partial charge on any atom is -0.480 e. The van der Waals surface area contributed by atoms with E-state index in [-0.39, 0.29) is 12.1 Å². The van der Waals surface area contributed by atoms with Crippen molar-refractivity contribution >= 4 is 23.7 Å². The molecule has 0 spiro atoms. The molecule has 1 N–H and O–H groups in total. The summed E-state index contributed by atoms with van der Waals surface area (Å²) < 4.78 is 5.66. The van der Waals surface area contributed by atoms with E-state index in [0.29, 0.717) is 31.0 Å². The summed E-state index contributed by atoms with van der Waals surface area (Å²) in [6, 6.07) is 14.3. The first-order chi connectivity index (χ1) is 15.0. The van der Waals surface area contributed by atoms with Crippen LogP contribution in [0, 0.1) is 0 Å². The van der Waals surface area contributed by atoms with E-state index >= 15 is 0 Å². The summed E-state index contributed by atoms with van der Waals surface area (Å²) in [5, 5.41) is 10.5. The molecule has 0 saturated heterocycles. The largest absolute Gasteiger partial charge is 0.480 e. The molecule has 2 atom stereocenters. The molecule has 1 amide bonds. The molecule has 2 aromatic carbocycles. The van der Waals surface area contributed by atoms with Crippen molar-refractivity contribution in [3.05, 3.63) is 70.2 Å². The molecule has 3 rings (SSSR count). The van der Waals surface area contributed by atoms with E-state index < -0.39 is 17.6 Å². The van der Waals surface area contributed by atoms with Crippen LogP contribution in [0.15, 0.2) is 48.5 Å². The number of hydrogen-bond acceptors (Lipinski definition) is 4. The molecule has 6 nitrogen and oxygen atoms in total. The smallest absolute Gasteiger partial charge is 0.410 e. The second kappa shape index (κ2) is 9.92. The molecule has 0 saturated carbocycles. The van der Waals surface area contributed by atoms with Crippen molar-refractivity contribution in [1.29, 1.82) is 0 Å². The quantitative estimate of drug-likeness (QED) is 0.683. The maximum atomic E-state index is 13.0. The van der Waals surface area contributed by atoms with Crippen LogP contribution in [0.1, 0.15) is 37.5 Å². The van der Waals surface area contributed by atoms with Gasteiger partial charge in [-0.05, 0) is 69.5 Å². The molecule has 1 aliphatic heterocycles. The lowest BCUT2D eigenvalue weighted by atomic mass is 9.93. The number of aliphatic carboxylic acids is 1. The highest BCUT2D eigenvalue weighted by atomic mass is 35.5. The topological polar surface area (TPSA) is 70.1 Å². The number of carboxylic acid groups (broad SMARTS) is 1. The van der Waals surface area contributed by atoms with E-state index in [1.807, 2.05) is 56.0 Å². The average molecular weight is 459 g/mol. The zero-order chi connectivity index (χ0) is 23.5. The highest BCUT2D eigenvalue weighted by Crippen LogP contribution is 2.26. The third-order valence-corrected chi connectivity index (χ3v) is 5.89. The minimum atomic E-state index is -0.900. The summed E-state index contributed by atoms with van der Waals surface area (Å²) in [5.41, 5.74) is 2.55. The van der Waals surface area contributed by atoms with E-state index in [9.17, 15) is 14.7 Å². The van der Waals surface area contributed by atoms with Gasteiger partial charge in [0.25, 0.3) is 0 Å². The number of carbonyl (C=O) groups excluding carboxylic acids is 1. The number of carboxylic acids is 1. The number of benzene rings is 2. The highest BCUT2D eigenvalue weighted by molar-refractivity contribution is 6.30. The molecule has 2 unspecified atom stereocenters. The number of ether oxygens (including phenoxy) is 1. The molecule has 0 fully saturated rings. The Bertz CT molecular complexity index is 955. The Morgan fingerprint density at radius 1 is 1.16 bits per heavy atom. The van der Waals surface area contributed by atoms with Crippen LogP contribution in [0.25, 0.3) is 0 Å². The average Bonchev–Trinajstić information content (AvgIpc) is 2.71. The summed E-state index contributed by atoms with van der Waals surface area (Å²) in [7, 11) is 1.79. The second-order valence-electron chi connectivity index (χ2n) is 9.36. The first-order valence-corrected chi connectivity index (χ1v) is 11.1.